The molecule has 1 aliphatic heterocycles. The van der Waals surface area contributed by atoms with Crippen LogP contribution in [0.25, 0.3) is 0 Å². The molecule has 1 atom stereocenters. The predicted molar refractivity (Wildman–Crippen MR) is 95.3 cm³/mol. The van der Waals surface area contributed by atoms with Crippen LogP contribution in [0.15, 0.2) is 24.3 Å². The number of nitrogens with zero attached hydrogens (tertiary/aromatic N) is 1. The quantitative estimate of drug-likeness (QED) is 0.774. The summed E-state index contributed by atoms with van der Waals surface area (Å²) in [5.41, 5.74) is 5.51. The Morgan fingerprint density at radius 1 is 1.23 bits per heavy atom. The van der Waals surface area contributed by atoms with E-state index in [1.54, 1.807) is 0 Å². The number of carbonyl (C=O) groups excluding carboxylic acids is 1. The van der Waals surface area contributed by atoms with Crippen LogP contribution in [0.4, 0.5) is 13.2 Å². The highest BCUT2D eigenvalue weighted by molar-refractivity contribution is 5.83. The van der Waals surface area contributed by atoms with E-state index in [2.05, 4.69) is 10.2 Å². The first-order valence-corrected chi connectivity index (χ1v) is 9.13. The van der Waals surface area contributed by atoms with E-state index in [4.69, 9.17) is 5.73 Å². The van der Waals surface area contributed by atoms with Crippen molar-refractivity contribution >= 4 is 5.91 Å². The third-order valence-corrected chi connectivity index (χ3v) is 5.52. The van der Waals surface area contributed by atoms with Gasteiger partial charge in [-0.15, -0.1) is 0 Å². The molecule has 0 saturated carbocycles. The maximum atomic E-state index is 12.6. The van der Waals surface area contributed by atoms with Gasteiger partial charge in [-0.05, 0) is 37.0 Å². The summed E-state index contributed by atoms with van der Waals surface area (Å²) in [6, 6.07) is 5.32. The number of nitrogens with one attached hydrogen (secondary N) is 1. The molecule has 1 unspecified atom stereocenters. The van der Waals surface area contributed by atoms with Gasteiger partial charge in [-0.1, -0.05) is 26.0 Å². The summed E-state index contributed by atoms with van der Waals surface area (Å²) in [6.45, 7) is 6.35. The number of likely N-dealkylation sites (tertiary alicyclic amines) is 1. The van der Waals surface area contributed by atoms with Crippen molar-refractivity contribution < 1.29 is 18.0 Å². The Labute approximate surface area is 152 Å². The lowest BCUT2D eigenvalue weighted by molar-refractivity contribution is -0.137. The van der Waals surface area contributed by atoms with Gasteiger partial charge < -0.3 is 11.1 Å². The first-order valence-electron chi connectivity index (χ1n) is 9.13. The van der Waals surface area contributed by atoms with E-state index >= 15 is 0 Å². The van der Waals surface area contributed by atoms with Crippen LogP contribution in [-0.4, -0.2) is 36.5 Å². The van der Waals surface area contributed by atoms with Crippen LogP contribution in [0, 0.1) is 5.41 Å². The zero-order chi connectivity index (χ0) is 19.4. The van der Waals surface area contributed by atoms with Gasteiger partial charge in [0.2, 0.25) is 5.91 Å². The van der Waals surface area contributed by atoms with Crippen molar-refractivity contribution in [2.75, 3.05) is 19.6 Å². The maximum absolute atomic E-state index is 12.6. The Morgan fingerprint density at radius 3 is 2.35 bits per heavy atom. The normalized spacial score (nSPS) is 18.9. The molecule has 1 fully saturated rings. The van der Waals surface area contributed by atoms with Crippen LogP contribution >= 0.6 is 0 Å². The number of halogens is 3. The minimum Gasteiger partial charge on any atom is -0.352 e. The molecule has 0 spiro atoms. The highest BCUT2D eigenvalue weighted by atomic mass is 19.4. The molecule has 26 heavy (non-hydrogen) atoms. The molecule has 1 aliphatic rings. The van der Waals surface area contributed by atoms with Crippen molar-refractivity contribution in [3.63, 3.8) is 0 Å². The third kappa shape index (κ3) is 4.76. The molecule has 0 aliphatic carbocycles. The molecule has 0 radical (unpaired) electrons. The lowest BCUT2D eigenvalue weighted by Gasteiger charge is -2.30. The molecular weight excluding hydrogens is 343 g/mol. The molecular formula is C19H28F3N3O. The number of hydrogen-bond donors (Lipinski definition) is 2. The fourth-order valence-corrected chi connectivity index (χ4v) is 3.44. The van der Waals surface area contributed by atoms with Crippen molar-refractivity contribution in [2.24, 2.45) is 11.1 Å². The first kappa shape index (κ1) is 20.7. The van der Waals surface area contributed by atoms with Crippen molar-refractivity contribution in [3.8, 4) is 0 Å². The highest BCUT2D eigenvalue weighted by Crippen LogP contribution is 2.29. The number of hydrogen-bond acceptors (Lipinski definition) is 3. The average molecular weight is 371 g/mol. The fourth-order valence-electron chi connectivity index (χ4n) is 3.44. The van der Waals surface area contributed by atoms with E-state index in [0.717, 1.165) is 30.7 Å². The molecule has 3 N–H and O–H groups in total. The number of amides is 1. The molecule has 1 aromatic rings. The van der Waals surface area contributed by atoms with Crippen molar-refractivity contribution in [3.05, 3.63) is 35.4 Å². The second-order valence-electron chi connectivity index (χ2n) is 7.08. The predicted octanol–water partition coefficient (Wildman–Crippen LogP) is 3.16. The number of benzene rings is 1. The molecule has 1 amide bonds. The summed E-state index contributed by atoms with van der Waals surface area (Å²) in [4.78, 5) is 14.7. The second-order valence-corrected chi connectivity index (χ2v) is 7.08. The van der Waals surface area contributed by atoms with Gasteiger partial charge in [0.15, 0.2) is 0 Å². The molecule has 0 bridgehead atoms. The molecule has 7 heteroatoms. The number of nitrogens with two attached hydrogens (primary N) is 1. The van der Waals surface area contributed by atoms with Gasteiger partial charge in [0, 0.05) is 32.2 Å². The minimum atomic E-state index is -4.31. The molecule has 1 saturated heterocycles. The van der Waals surface area contributed by atoms with Gasteiger partial charge in [-0.2, -0.15) is 13.2 Å². The van der Waals surface area contributed by atoms with Gasteiger partial charge in [-0.25, -0.2) is 0 Å². The molecule has 1 aromatic carbocycles. The topological polar surface area (TPSA) is 58.4 Å². The van der Waals surface area contributed by atoms with Crippen molar-refractivity contribution in [1.82, 2.24) is 10.2 Å². The molecule has 1 heterocycles. The van der Waals surface area contributed by atoms with E-state index < -0.39 is 17.2 Å². The summed E-state index contributed by atoms with van der Waals surface area (Å²) in [7, 11) is 0. The lowest BCUT2D eigenvalue weighted by Crippen LogP contribution is -2.49. The standard InChI is InChI=1S/C19H28F3N3O/c1-3-18(4-2,13-23)17(26)24-16-9-10-25(12-16)11-14-5-7-15(8-6-14)19(20,21)22/h5-8,16H,3-4,9-13,23H2,1-2H3,(H,24,26). The van der Waals surface area contributed by atoms with Crippen LogP contribution in [0.2, 0.25) is 0 Å². The zero-order valence-corrected chi connectivity index (χ0v) is 15.4. The Kier molecular flexibility index (Phi) is 6.69. The third-order valence-electron chi connectivity index (χ3n) is 5.52. The van der Waals surface area contributed by atoms with E-state index in [9.17, 15) is 18.0 Å². The Balaban J connectivity index is 1.89. The number of alkyl halides is 3. The monoisotopic (exact) mass is 371 g/mol. The van der Waals surface area contributed by atoms with Crippen LogP contribution in [0.3, 0.4) is 0 Å². The van der Waals surface area contributed by atoms with E-state index in [1.807, 2.05) is 13.8 Å². The Hall–Kier alpha value is -1.60. The summed E-state index contributed by atoms with van der Waals surface area (Å²) >= 11 is 0. The number of rotatable bonds is 7. The van der Waals surface area contributed by atoms with Crippen molar-refractivity contribution in [1.29, 1.82) is 0 Å². The van der Waals surface area contributed by atoms with E-state index in [-0.39, 0.29) is 11.9 Å². The van der Waals surface area contributed by atoms with Gasteiger partial charge in [-0.3, -0.25) is 9.69 Å². The summed E-state index contributed by atoms with van der Waals surface area (Å²) in [5, 5.41) is 3.11. The van der Waals surface area contributed by atoms with Crippen LogP contribution in [-0.2, 0) is 17.5 Å². The highest BCUT2D eigenvalue weighted by Gasteiger charge is 2.36. The SMILES string of the molecule is CCC(CC)(CN)C(=O)NC1CCN(Cc2ccc(C(F)(F)F)cc2)C1. The van der Waals surface area contributed by atoms with Gasteiger partial charge in [0.05, 0.1) is 11.0 Å². The van der Waals surface area contributed by atoms with Crippen LogP contribution < -0.4 is 11.1 Å². The number of carbonyl (C=O) groups is 1. The Morgan fingerprint density at radius 2 is 1.85 bits per heavy atom. The average Bonchev–Trinajstić information content (AvgIpc) is 3.03. The van der Waals surface area contributed by atoms with E-state index in [1.165, 1.54) is 12.1 Å². The molecule has 146 valence electrons. The van der Waals surface area contributed by atoms with Gasteiger partial charge >= 0.3 is 6.18 Å². The summed E-state index contributed by atoms with van der Waals surface area (Å²) in [6.07, 6.45) is -2.07. The van der Waals surface area contributed by atoms with Crippen LogP contribution in [0.1, 0.15) is 44.2 Å². The van der Waals surface area contributed by atoms with Gasteiger partial charge in [0.1, 0.15) is 0 Å². The fraction of sp³-hybridized carbons (Fsp3) is 0.632. The summed E-state index contributed by atoms with van der Waals surface area (Å²) < 4.78 is 37.9. The van der Waals surface area contributed by atoms with E-state index in [0.29, 0.717) is 32.5 Å². The largest absolute Gasteiger partial charge is 0.416 e. The summed E-state index contributed by atoms with van der Waals surface area (Å²) in [5.74, 6) is 0.00591. The molecule has 4 nitrogen and oxygen atoms in total. The molecule has 2 rings (SSSR count). The lowest BCUT2D eigenvalue weighted by atomic mass is 9.81. The smallest absolute Gasteiger partial charge is 0.352 e. The second kappa shape index (κ2) is 8.39. The zero-order valence-electron chi connectivity index (χ0n) is 15.4. The Bertz CT molecular complexity index is 589. The van der Waals surface area contributed by atoms with Crippen LogP contribution in [0.5, 0.6) is 0 Å². The molecule has 0 aromatic heterocycles. The maximum Gasteiger partial charge on any atom is 0.416 e. The first-order chi connectivity index (χ1) is 12.2. The van der Waals surface area contributed by atoms with Gasteiger partial charge in [0.25, 0.3) is 0 Å². The minimum absolute atomic E-state index is 0.00591. The van der Waals surface area contributed by atoms with Crippen molar-refractivity contribution in [2.45, 2.75) is 51.9 Å².